The predicted molar refractivity (Wildman–Crippen MR) is 142 cm³/mol. The summed E-state index contributed by atoms with van der Waals surface area (Å²) in [5.74, 6) is 0.0153. The van der Waals surface area contributed by atoms with Crippen LogP contribution in [0.1, 0.15) is 28.6 Å². The number of nitrogens with one attached hydrogen (secondary N) is 1. The molecule has 5 rings (SSSR count). The second-order valence-electron chi connectivity index (χ2n) is 9.34. The van der Waals surface area contributed by atoms with Gasteiger partial charge < -0.3 is 10.1 Å². The van der Waals surface area contributed by atoms with Crippen molar-refractivity contribution in [3.05, 3.63) is 101 Å². The van der Waals surface area contributed by atoms with Gasteiger partial charge in [0.25, 0.3) is 0 Å². The zero-order chi connectivity index (χ0) is 24.1. The lowest BCUT2D eigenvalue weighted by Crippen LogP contribution is -2.43. The largest absolute Gasteiger partial charge is 0.379 e. The van der Waals surface area contributed by atoms with E-state index in [4.69, 9.17) is 9.72 Å². The molecule has 4 aromatic rings. The lowest BCUT2D eigenvalue weighted by Gasteiger charge is -2.28. The summed E-state index contributed by atoms with van der Waals surface area (Å²) in [6.45, 7) is 6.94. The van der Waals surface area contributed by atoms with Crippen molar-refractivity contribution in [2.45, 2.75) is 31.8 Å². The van der Waals surface area contributed by atoms with Gasteiger partial charge in [-0.05, 0) is 35.7 Å². The number of carbonyl (C=O) groups is 1. The van der Waals surface area contributed by atoms with Crippen LogP contribution in [0.2, 0.25) is 0 Å². The Morgan fingerprint density at radius 3 is 2.54 bits per heavy atom. The van der Waals surface area contributed by atoms with E-state index in [1.54, 1.807) is 11.3 Å². The lowest BCUT2D eigenvalue weighted by molar-refractivity contribution is -0.126. The van der Waals surface area contributed by atoms with Gasteiger partial charge in [0.15, 0.2) is 0 Å². The highest BCUT2D eigenvalue weighted by molar-refractivity contribution is 7.18. The average Bonchev–Trinajstić information content (AvgIpc) is 3.30. The van der Waals surface area contributed by atoms with Crippen LogP contribution in [0, 0.1) is 0 Å². The van der Waals surface area contributed by atoms with Crippen LogP contribution in [-0.2, 0) is 34.5 Å². The van der Waals surface area contributed by atoms with Crippen molar-refractivity contribution in [1.29, 1.82) is 0 Å². The van der Waals surface area contributed by atoms with Crippen LogP contribution in [-0.4, -0.2) is 42.1 Å². The normalized spacial score (nSPS) is 16.1. The molecule has 1 aliphatic heterocycles. The van der Waals surface area contributed by atoms with E-state index in [0.717, 1.165) is 59.2 Å². The minimum absolute atomic E-state index is 0.0153. The molecule has 0 aliphatic carbocycles. The van der Waals surface area contributed by atoms with Gasteiger partial charge in [-0.1, -0.05) is 66.7 Å². The van der Waals surface area contributed by atoms with Gasteiger partial charge >= 0.3 is 0 Å². The molecule has 1 fully saturated rings. The van der Waals surface area contributed by atoms with E-state index in [0.29, 0.717) is 13.0 Å². The fourth-order valence-corrected chi connectivity index (χ4v) is 5.77. The number of nitrogens with zero attached hydrogens (tertiary/aromatic N) is 2. The third kappa shape index (κ3) is 5.61. The summed E-state index contributed by atoms with van der Waals surface area (Å²) in [7, 11) is 0. The van der Waals surface area contributed by atoms with E-state index >= 15 is 0 Å². The average molecular weight is 486 g/mol. The van der Waals surface area contributed by atoms with E-state index in [-0.39, 0.29) is 5.91 Å². The molecule has 1 aromatic heterocycles. The minimum atomic E-state index is -0.722. The fourth-order valence-electron chi connectivity index (χ4n) is 4.65. The molecule has 0 saturated carbocycles. The van der Waals surface area contributed by atoms with Crippen LogP contribution in [0.5, 0.6) is 0 Å². The van der Waals surface area contributed by atoms with Crippen LogP contribution in [0.3, 0.4) is 0 Å². The molecular weight excluding hydrogens is 454 g/mol. The molecule has 1 amide bonds. The zero-order valence-corrected chi connectivity index (χ0v) is 20.9. The Kier molecular flexibility index (Phi) is 7.23. The molecule has 1 atom stereocenters. The number of morpholine rings is 1. The first kappa shape index (κ1) is 23.7. The Hall–Kier alpha value is -3.06. The molecule has 5 nitrogen and oxygen atoms in total. The molecule has 1 aliphatic rings. The minimum Gasteiger partial charge on any atom is -0.379 e. The third-order valence-electron chi connectivity index (χ3n) is 6.71. The van der Waals surface area contributed by atoms with Gasteiger partial charge in [-0.2, -0.15) is 0 Å². The van der Waals surface area contributed by atoms with Gasteiger partial charge in [-0.25, -0.2) is 4.98 Å². The van der Waals surface area contributed by atoms with Crippen LogP contribution >= 0.6 is 11.3 Å². The number of hydrogen-bond donors (Lipinski definition) is 1. The smallest absolute Gasteiger partial charge is 0.231 e. The second-order valence-corrected chi connectivity index (χ2v) is 10.5. The van der Waals surface area contributed by atoms with Gasteiger partial charge in [0, 0.05) is 32.6 Å². The molecule has 1 N–H and O–H groups in total. The summed E-state index contributed by atoms with van der Waals surface area (Å²) in [5.41, 5.74) is 3.64. The molecule has 2 heterocycles. The number of hydrogen-bond acceptors (Lipinski definition) is 5. The maximum atomic E-state index is 13.7. The summed E-state index contributed by atoms with van der Waals surface area (Å²) in [6, 6.07) is 26.7. The SMILES string of the molecule is CC(Cc1nc2ccccc2s1)(C(=O)NCc1cccc(CN2CCOCC2)c1)c1ccccc1. The number of carbonyl (C=O) groups excluding carboxylic acids is 1. The summed E-state index contributed by atoms with van der Waals surface area (Å²) < 4.78 is 6.61. The van der Waals surface area contributed by atoms with Gasteiger partial charge in [0.05, 0.1) is 33.9 Å². The van der Waals surface area contributed by atoms with Crippen molar-refractivity contribution in [1.82, 2.24) is 15.2 Å². The number of thiazole rings is 1. The first-order valence-corrected chi connectivity index (χ1v) is 13.0. The van der Waals surface area contributed by atoms with Crippen LogP contribution in [0.4, 0.5) is 0 Å². The van der Waals surface area contributed by atoms with Crippen molar-refractivity contribution in [3.63, 3.8) is 0 Å². The molecule has 1 unspecified atom stereocenters. The molecule has 1 saturated heterocycles. The Bertz CT molecular complexity index is 1250. The Labute approximate surface area is 210 Å². The molecule has 3 aromatic carbocycles. The number of ether oxygens (including phenoxy) is 1. The number of rotatable bonds is 8. The summed E-state index contributed by atoms with van der Waals surface area (Å²) >= 11 is 1.66. The fraction of sp³-hybridized carbons (Fsp3) is 0.310. The third-order valence-corrected chi connectivity index (χ3v) is 7.75. The van der Waals surface area contributed by atoms with Gasteiger partial charge in [-0.3, -0.25) is 9.69 Å². The quantitative estimate of drug-likeness (QED) is 0.384. The number of amides is 1. The van der Waals surface area contributed by atoms with Crippen molar-refractivity contribution in [3.8, 4) is 0 Å². The lowest BCUT2D eigenvalue weighted by atomic mass is 9.78. The van der Waals surface area contributed by atoms with Gasteiger partial charge in [0.1, 0.15) is 0 Å². The Morgan fingerprint density at radius 2 is 1.74 bits per heavy atom. The molecule has 35 heavy (non-hydrogen) atoms. The summed E-state index contributed by atoms with van der Waals surface area (Å²) in [4.78, 5) is 20.9. The Morgan fingerprint density at radius 1 is 1.00 bits per heavy atom. The molecular formula is C29H31N3O2S. The Balaban J connectivity index is 1.32. The van der Waals surface area contributed by atoms with E-state index in [1.807, 2.05) is 55.5 Å². The molecule has 0 radical (unpaired) electrons. The second kappa shape index (κ2) is 10.7. The van der Waals surface area contributed by atoms with Gasteiger partial charge in [-0.15, -0.1) is 11.3 Å². The van der Waals surface area contributed by atoms with Crippen molar-refractivity contribution < 1.29 is 9.53 Å². The highest BCUT2D eigenvalue weighted by Crippen LogP contribution is 2.32. The molecule has 0 bridgehead atoms. The summed E-state index contributed by atoms with van der Waals surface area (Å²) in [5, 5.41) is 4.20. The van der Waals surface area contributed by atoms with E-state index in [9.17, 15) is 4.79 Å². The van der Waals surface area contributed by atoms with E-state index < -0.39 is 5.41 Å². The van der Waals surface area contributed by atoms with Crippen LogP contribution in [0.25, 0.3) is 10.2 Å². The number of aromatic nitrogens is 1. The molecule has 0 spiro atoms. The number of benzene rings is 3. The van der Waals surface area contributed by atoms with Gasteiger partial charge in [0.2, 0.25) is 5.91 Å². The van der Waals surface area contributed by atoms with Crippen molar-refractivity contribution in [2.24, 2.45) is 0 Å². The monoisotopic (exact) mass is 485 g/mol. The van der Waals surface area contributed by atoms with Crippen LogP contribution < -0.4 is 5.32 Å². The van der Waals surface area contributed by atoms with Crippen LogP contribution in [0.15, 0.2) is 78.9 Å². The standard InChI is InChI=1S/C29H31N3O2S/c1-29(24-10-3-2-4-11-24,19-27-31-25-12-5-6-13-26(25)35-27)28(33)30-20-22-8-7-9-23(18-22)21-32-14-16-34-17-15-32/h2-13,18H,14-17,19-21H2,1H3,(H,30,33). The molecule has 180 valence electrons. The topological polar surface area (TPSA) is 54.5 Å². The zero-order valence-electron chi connectivity index (χ0n) is 20.1. The van der Waals surface area contributed by atoms with Crippen molar-refractivity contribution >= 4 is 27.5 Å². The first-order valence-electron chi connectivity index (χ1n) is 12.2. The summed E-state index contributed by atoms with van der Waals surface area (Å²) in [6.07, 6.45) is 0.555. The predicted octanol–water partition coefficient (Wildman–Crippen LogP) is 4.95. The number of para-hydroxylation sites is 1. The molecule has 6 heteroatoms. The maximum absolute atomic E-state index is 13.7. The van der Waals surface area contributed by atoms with E-state index in [1.165, 1.54) is 5.56 Å². The van der Waals surface area contributed by atoms with Crippen molar-refractivity contribution in [2.75, 3.05) is 26.3 Å². The first-order chi connectivity index (χ1) is 17.1. The highest BCUT2D eigenvalue weighted by atomic mass is 32.1. The number of fused-ring (bicyclic) bond motifs is 1. The highest BCUT2D eigenvalue weighted by Gasteiger charge is 2.36. The maximum Gasteiger partial charge on any atom is 0.231 e. The van der Waals surface area contributed by atoms with E-state index in [2.05, 4.69) is 40.5 Å².